The van der Waals surface area contributed by atoms with Gasteiger partial charge in [-0.15, -0.1) is 0 Å². The average Bonchev–Trinajstić information content (AvgIpc) is 3.02. The number of hydrogen-bond acceptors (Lipinski definition) is 5. The maximum atomic E-state index is 13.2. The van der Waals surface area contributed by atoms with Crippen molar-refractivity contribution in [1.82, 2.24) is 4.57 Å². The van der Waals surface area contributed by atoms with Crippen LogP contribution in [0.1, 0.15) is 27.3 Å². The Bertz CT molecular complexity index is 1170. The van der Waals surface area contributed by atoms with Crippen LogP contribution in [0.15, 0.2) is 48.5 Å². The van der Waals surface area contributed by atoms with Gasteiger partial charge in [-0.1, -0.05) is 12.1 Å². The molecule has 0 unspecified atom stereocenters. The minimum absolute atomic E-state index is 0.0584. The maximum Gasteiger partial charge on any atom is 0.340 e. The number of nitrogens with zero attached hydrogens (tertiary/aromatic N) is 2. The van der Waals surface area contributed by atoms with Crippen LogP contribution in [0.5, 0.6) is 0 Å². The molecule has 0 fully saturated rings. The van der Waals surface area contributed by atoms with E-state index in [9.17, 15) is 24.1 Å². The van der Waals surface area contributed by atoms with Gasteiger partial charge in [-0.2, -0.15) is 0 Å². The Kier molecular flexibility index (Phi) is 6.15. The number of ether oxygens (including phenoxy) is 1. The Hall–Kier alpha value is -4.01. The monoisotopic (exact) mass is 425 g/mol. The summed E-state index contributed by atoms with van der Waals surface area (Å²) in [6.07, 6.45) is 0. The quantitative estimate of drug-likeness (QED) is 0.361. The number of para-hydroxylation sites is 1. The molecule has 1 amide bonds. The van der Waals surface area contributed by atoms with Gasteiger partial charge in [0.15, 0.2) is 6.61 Å². The average molecular weight is 425 g/mol. The number of nitro benzene ring substituents is 1. The molecule has 2 aromatic carbocycles. The zero-order valence-electron chi connectivity index (χ0n) is 17.1. The number of rotatable bonds is 6. The van der Waals surface area contributed by atoms with Gasteiger partial charge in [0, 0.05) is 23.1 Å². The highest BCUT2D eigenvalue weighted by atomic mass is 19.1. The van der Waals surface area contributed by atoms with Gasteiger partial charge < -0.3 is 14.6 Å². The first-order chi connectivity index (χ1) is 14.7. The van der Waals surface area contributed by atoms with E-state index in [1.165, 1.54) is 24.3 Å². The molecule has 0 saturated heterocycles. The van der Waals surface area contributed by atoms with Gasteiger partial charge in [0.1, 0.15) is 11.5 Å². The molecule has 3 aromatic rings. The topological polar surface area (TPSA) is 103 Å². The molecule has 0 saturated carbocycles. The third kappa shape index (κ3) is 4.61. The Balaban J connectivity index is 1.72. The second-order valence-corrected chi connectivity index (χ2v) is 6.95. The lowest BCUT2D eigenvalue weighted by Crippen LogP contribution is -2.22. The zero-order chi connectivity index (χ0) is 22.7. The molecular formula is C22H20FN3O5. The molecule has 1 heterocycles. The van der Waals surface area contributed by atoms with E-state index < -0.39 is 23.4 Å². The van der Waals surface area contributed by atoms with E-state index in [2.05, 4.69) is 5.32 Å². The number of nitrogens with one attached hydrogen (secondary N) is 1. The highest BCUT2D eigenvalue weighted by Gasteiger charge is 2.21. The number of aromatic nitrogens is 1. The number of hydrogen-bond donors (Lipinski definition) is 1. The van der Waals surface area contributed by atoms with E-state index in [1.54, 1.807) is 49.6 Å². The Labute approximate surface area is 177 Å². The molecule has 8 nitrogen and oxygen atoms in total. The number of amides is 1. The molecule has 0 aliphatic heterocycles. The van der Waals surface area contributed by atoms with Crippen molar-refractivity contribution >= 4 is 23.3 Å². The van der Waals surface area contributed by atoms with E-state index in [0.29, 0.717) is 16.9 Å². The second-order valence-electron chi connectivity index (χ2n) is 6.95. The molecule has 0 radical (unpaired) electrons. The van der Waals surface area contributed by atoms with Crippen LogP contribution in [0.25, 0.3) is 5.69 Å². The van der Waals surface area contributed by atoms with E-state index in [0.717, 1.165) is 5.69 Å². The number of aryl methyl sites for hydroxylation is 2. The second kappa shape index (κ2) is 8.78. The van der Waals surface area contributed by atoms with Crippen LogP contribution in [0.4, 0.5) is 15.8 Å². The number of esters is 1. The lowest BCUT2D eigenvalue weighted by atomic mass is 10.1. The molecule has 31 heavy (non-hydrogen) atoms. The third-order valence-electron chi connectivity index (χ3n) is 4.78. The zero-order valence-corrected chi connectivity index (χ0v) is 17.1. The Morgan fingerprint density at radius 1 is 1.13 bits per heavy atom. The fourth-order valence-electron chi connectivity index (χ4n) is 3.31. The van der Waals surface area contributed by atoms with Gasteiger partial charge >= 0.3 is 5.97 Å². The maximum absolute atomic E-state index is 13.2. The van der Waals surface area contributed by atoms with Crippen molar-refractivity contribution in [2.24, 2.45) is 0 Å². The van der Waals surface area contributed by atoms with Crippen LogP contribution in [0, 0.1) is 36.7 Å². The molecule has 3 rings (SSSR count). The Morgan fingerprint density at radius 2 is 1.81 bits per heavy atom. The SMILES string of the molecule is Cc1cccc([N+](=O)[O-])c1NC(=O)COC(=O)c1cc(C)n(-c2ccc(F)cc2)c1C. The minimum Gasteiger partial charge on any atom is -0.452 e. The minimum atomic E-state index is -0.712. The first-order valence-corrected chi connectivity index (χ1v) is 9.35. The summed E-state index contributed by atoms with van der Waals surface area (Å²) < 4.78 is 20.1. The van der Waals surface area contributed by atoms with Crippen LogP contribution < -0.4 is 5.32 Å². The molecule has 0 bridgehead atoms. The van der Waals surface area contributed by atoms with Crippen molar-refractivity contribution in [3.05, 3.63) is 87.0 Å². The van der Waals surface area contributed by atoms with Gasteiger partial charge in [0.25, 0.3) is 11.6 Å². The van der Waals surface area contributed by atoms with Crippen LogP contribution in [0.2, 0.25) is 0 Å². The molecule has 1 N–H and O–H groups in total. The molecule has 9 heteroatoms. The third-order valence-corrected chi connectivity index (χ3v) is 4.78. The highest BCUT2D eigenvalue weighted by molar-refractivity contribution is 5.98. The summed E-state index contributed by atoms with van der Waals surface area (Å²) in [6.45, 7) is 4.52. The van der Waals surface area contributed by atoms with Gasteiger partial charge in [0.2, 0.25) is 0 Å². The lowest BCUT2D eigenvalue weighted by Gasteiger charge is -2.11. The highest BCUT2D eigenvalue weighted by Crippen LogP contribution is 2.27. The molecule has 1 aromatic heterocycles. The van der Waals surface area contributed by atoms with E-state index >= 15 is 0 Å². The molecule has 0 spiro atoms. The summed E-state index contributed by atoms with van der Waals surface area (Å²) in [5, 5.41) is 13.6. The summed E-state index contributed by atoms with van der Waals surface area (Å²) >= 11 is 0. The van der Waals surface area contributed by atoms with E-state index in [4.69, 9.17) is 4.74 Å². The van der Waals surface area contributed by atoms with Crippen molar-refractivity contribution in [3.63, 3.8) is 0 Å². The van der Waals surface area contributed by atoms with Gasteiger partial charge in [-0.25, -0.2) is 9.18 Å². The Morgan fingerprint density at radius 3 is 2.45 bits per heavy atom. The number of nitro groups is 1. The number of benzene rings is 2. The summed E-state index contributed by atoms with van der Waals surface area (Å²) in [6, 6.07) is 11.9. The summed E-state index contributed by atoms with van der Waals surface area (Å²) in [7, 11) is 0. The molecule has 0 aliphatic rings. The van der Waals surface area contributed by atoms with E-state index in [1.807, 2.05) is 0 Å². The van der Waals surface area contributed by atoms with Crippen LogP contribution in [-0.4, -0.2) is 28.0 Å². The first kappa shape index (κ1) is 21.7. The molecular weight excluding hydrogens is 405 g/mol. The lowest BCUT2D eigenvalue weighted by molar-refractivity contribution is -0.384. The van der Waals surface area contributed by atoms with Gasteiger partial charge in [-0.3, -0.25) is 14.9 Å². The number of anilines is 1. The smallest absolute Gasteiger partial charge is 0.340 e. The van der Waals surface area contributed by atoms with Gasteiger partial charge in [-0.05, 0) is 56.7 Å². The molecule has 0 atom stereocenters. The van der Waals surface area contributed by atoms with E-state index in [-0.39, 0.29) is 22.8 Å². The van der Waals surface area contributed by atoms with Gasteiger partial charge in [0.05, 0.1) is 10.5 Å². The van der Waals surface area contributed by atoms with Crippen LogP contribution in [-0.2, 0) is 9.53 Å². The van der Waals surface area contributed by atoms with Crippen LogP contribution in [0.3, 0.4) is 0 Å². The summed E-state index contributed by atoms with van der Waals surface area (Å²) in [5.41, 5.74) is 2.57. The predicted octanol–water partition coefficient (Wildman–Crippen LogP) is 4.25. The molecule has 160 valence electrons. The van der Waals surface area contributed by atoms with Crippen molar-refractivity contribution in [2.45, 2.75) is 20.8 Å². The van der Waals surface area contributed by atoms with Crippen molar-refractivity contribution in [3.8, 4) is 5.69 Å². The number of carbonyl (C=O) groups excluding carboxylic acids is 2. The summed E-state index contributed by atoms with van der Waals surface area (Å²) in [4.78, 5) is 35.3. The van der Waals surface area contributed by atoms with Crippen LogP contribution >= 0.6 is 0 Å². The fourth-order valence-corrected chi connectivity index (χ4v) is 3.31. The predicted molar refractivity (Wildman–Crippen MR) is 112 cm³/mol. The van der Waals surface area contributed by atoms with Crippen molar-refractivity contribution < 1.29 is 23.6 Å². The fraction of sp³-hybridized carbons (Fsp3) is 0.182. The standard InChI is InChI=1S/C22H20FN3O5/c1-13-5-4-6-19(26(29)30)21(13)24-20(27)12-31-22(28)18-11-14(2)25(15(18)3)17-9-7-16(23)8-10-17/h4-11H,12H2,1-3H3,(H,24,27). The number of carbonyl (C=O) groups is 2. The largest absolute Gasteiger partial charge is 0.452 e. The molecule has 0 aliphatic carbocycles. The van der Waals surface area contributed by atoms with Crippen molar-refractivity contribution in [2.75, 3.05) is 11.9 Å². The first-order valence-electron chi connectivity index (χ1n) is 9.35. The normalized spacial score (nSPS) is 10.6. The number of halogens is 1. The van der Waals surface area contributed by atoms with Crippen molar-refractivity contribution in [1.29, 1.82) is 0 Å². The summed E-state index contributed by atoms with van der Waals surface area (Å²) in [5.74, 6) is -1.78.